The number of hydrogen-bond donors (Lipinski definition) is 2. The fourth-order valence-electron chi connectivity index (χ4n) is 2.60. The Bertz CT molecular complexity index is 508. The van der Waals surface area contributed by atoms with Crippen LogP contribution in [0, 0.1) is 0 Å². The van der Waals surface area contributed by atoms with Gasteiger partial charge in [-0.05, 0) is 51.2 Å². The zero-order valence-electron chi connectivity index (χ0n) is 13.5. The van der Waals surface area contributed by atoms with Gasteiger partial charge in [-0.3, -0.25) is 0 Å². The zero-order chi connectivity index (χ0) is 16.2. The lowest BCUT2D eigenvalue weighted by molar-refractivity contribution is 0.0527. The molecular weight excluding hydrogens is 344 g/mol. The van der Waals surface area contributed by atoms with Crippen molar-refractivity contribution in [1.82, 2.24) is 10.6 Å². The Morgan fingerprint density at radius 2 is 1.95 bits per heavy atom. The van der Waals surface area contributed by atoms with Gasteiger partial charge in [-0.1, -0.05) is 34.1 Å². The van der Waals surface area contributed by atoms with E-state index in [-0.39, 0.29) is 6.09 Å². The molecule has 0 aromatic heterocycles. The zero-order valence-corrected chi connectivity index (χ0v) is 15.1. The van der Waals surface area contributed by atoms with Gasteiger partial charge >= 0.3 is 6.09 Å². The Hall–Kier alpha value is -1.07. The second kappa shape index (κ2) is 7.47. The maximum atomic E-state index is 11.5. The Balaban J connectivity index is 1.59. The van der Waals surface area contributed by atoms with E-state index in [0.29, 0.717) is 18.5 Å². The summed E-state index contributed by atoms with van der Waals surface area (Å²) in [5, 5.41) is 6.23. The maximum absolute atomic E-state index is 11.5. The molecule has 1 aromatic rings. The Kier molecular flexibility index (Phi) is 5.87. The number of hydrogen-bond acceptors (Lipinski definition) is 3. The third-order valence-electron chi connectivity index (χ3n) is 3.71. The molecule has 0 bridgehead atoms. The number of amides is 1. The minimum Gasteiger partial charge on any atom is -0.444 e. The van der Waals surface area contributed by atoms with Crippen molar-refractivity contribution in [3.63, 3.8) is 0 Å². The van der Waals surface area contributed by atoms with Crippen molar-refractivity contribution in [1.29, 1.82) is 0 Å². The second-order valence-electron chi connectivity index (χ2n) is 6.77. The summed E-state index contributed by atoms with van der Waals surface area (Å²) in [6, 6.07) is 8.96. The van der Waals surface area contributed by atoms with E-state index in [1.54, 1.807) is 0 Å². The number of rotatable bonds is 5. The van der Waals surface area contributed by atoms with Gasteiger partial charge in [0.05, 0.1) is 0 Å². The van der Waals surface area contributed by atoms with E-state index in [1.807, 2.05) is 26.8 Å². The maximum Gasteiger partial charge on any atom is 0.407 e. The van der Waals surface area contributed by atoms with Gasteiger partial charge in [-0.25, -0.2) is 4.79 Å². The standard InChI is InChI=1S/C17H25BrN2O2/c1-17(2,3)22-16(21)20-9-8-19-13-10-12(11-13)14-6-4-5-7-15(14)18/h4-7,12-13,19H,8-11H2,1-3H3,(H,20,21). The minimum absolute atomic E-state index is 0.353. The summed E-state index contributed by atoms with van der Waals surface area (Å²) in [7, 11) is 0. The van der Waals surface area contributed by atoms with Crippen LogP contribution in [0.15, 0.2) is 28.7 Å². The quantitative estimate of drug-likeness (QED) is 0.776. The Morgan fingerprint density at radius 3 is 2.59 bits per heavy atom. The first kappa shape index (κ1) is 17.3. The summed E-state index contributed by atoms with van der Waals surface area (Å²) in [6.07, 6.45) is 1.94. The van der Waals surface area contributed by atoms with Crippen molar-refractivity contribution in [2.45, 2.75) is 51.2 Å². The summed E-state index contributed by atoms with van der Waals surface area (Å²) < 4.78 is 6.39. The first-order valence-electron chi connectivity index (χ1n) is 7.80. The van der Waals surface area contributed by atoms with E-state index < -0.39 is 5.60 Å². The van der Waals surface area contributed by atoms with Crippen LogP contribution in [0.5, 0.6) is 0 Å². The minimum atomic E-state index is -0.443. The molecule has 1 aliphatic rings. The summed E-state index contributed by atoms with van der Waals surface area (Å²) >= 11 is 3.61. The van der Waals surface area contributed by atoms with E-state index in [4.69, 9.17) is 4.74 Å². The number of nitrogens with one attached hydrogen (secondary N) is 2. The largest absolute Gasteiger partial charge is 0.444 e. The number of halogens is 1. The molecular formula is C17H25BrN2O2. The molecule has 1 aromatic carbocycles. The summed E-state index contributed by atoms with van der Waals surface area (Å²) in [5.74, 6) is 0.631. The van der Waals surface area contributed by atoms with Crippen molar-refractivity contribution < 1.29 is 9.53 Å². The van der Waals surface area contributed by atoms with Gasteiger partial charge in [0.2, 0.25) is 0 Å². The predicted molar refractivity (Wildman–Crippen MR) is 92.1 cm³/mol. The highest BCUT2D eigenvalue weighted by Gasteiger charge is 2.30. The number of alkyl carbamates (subject to hydrolysis) is 1. The van der Waals surface area contributed by atoms with Crippen LogP contribution >= 0.6 is 15.9 Å². The summed E-state index contributed by atoms with van der Waals surface area (Å²) in [6.45, 7) is 6.95. The lowest BCUT2D eigenvalue weighted by Gasteiger charge is -2.37. The molecule has 0 unspecified atom stereocenters. The summed E-state index contributed by atoms with van der Waals surface area (Å²) in [5.41, 5.74) is 0.953. The molecule has 4 nitrogen and oxygen atoms in total. The normalized spacial score (nSPS) is 21.1. The van der Waals surface area contributed by atoms with Gasteiger partial charge in [-0.15, -0.1) is 0 Å². The van der Waals surface area contributed by atoms with Gasteiger partial charge in [0.15, 0.2) is 0 Å². The van der Waals surface area contributed by atoms with Crippen LogP contribution in [0.2, 0.25) is 0 Å². The van der Waals surface area contributed by atoms with E-state index in [9.17, 15) is 4.79 Å². The van der Waals surface area contributed by atoms with Gasteiger partial charge in [0.25, 0.3) is 0 Å². The molecule has 5 heteroatoms. The van der Waals surface area contributed by atoms with Crippen LogP contribution in [0.25, 0.3) is 0 Å². The first-order valence-corrected chi connectivity index (χ1v) is 8.59. The molecule has 0 heterocycles. The molecule has 1 aliphatic carbocycles. The van der Waals surface area contributed by atoms with Crippen molar-refractivity contribution in [2.24, 2.45) is 0 Å². The molecule has 0 saturated heterocycles. The van der Waals surface area contributed by atoms with E-state index >= 15 is 0 Å². The lowest BCUT2D eigenvalue weighted by atomic mass is 9.76. The highest BCUT2D eigenvalue weighted by atomic mass is 79.9. The predicted octanol–water partition coefficient (Wildman–Crippen LogP) is 3.81. The third kappa shape index (κ3) is 5.29. The fourth-order valence-corrected chi connectivity index (χ4v) is 3.21. The van der Waals surface area contributed by atoms with Crippen LogP contribution in [-0.4, -0.2) is 30.8 Å². The van der Waals surface area contributed by atoms with Gasteiger partial charge in [-0.2, -0.15) is 0 Å². The van der Waals surface area contributed by atoms with E-state index in [2.05, 4.69) is 44.8 Å². The van der Waals surface area contributed by atoms with Crippen LogP contribution in [0.3, 0.4) is 0 Å². The molecule has 2 N–H and O–H groups in total. The highest BCUT2D eigenvalue weighted by molar-refractivity contribution is 9.10. The van der Waals surface area contributed by atoms with Gasteiger partial charge in [0.1, 0.15) is 5.60 Å². The Labute approximate surface area is 141 Å². The summed E-state index contributed by atoms with van der Waals surface area (Å²) in [4.78, 5) is 11.5. The highest BCUT2D eigenvalue weighted by Crippen LogP contribution is 2.39. The van der Waals surface area contributed by atoms with E-state index in [0.717, 1.165) is 19.4 Å². The molecule has 0 spiro atoms. The molecule has 0 atom stereocenters. The van der Waals surface area contributed by atoms with Gasteiger partial charge in [0, 0.05) is 23.6 Å². The Morgan fingerprint density at radius 1 is 1.27 bits per heavy atom. The third-order valence-corrected chi connectivity index (χ3v) is 4.43. The number of carbonyl (C=O) groups is 1. The van der Waals surface area contributed by atoms with Crippen molar-refractivity contribution in [3.8, 4) is 0 Å². The molecule has 1 saturated carbocycles. The van der Waals surface area contributed by atoms with Crippen LogP contribution in [-0.2, 0) is 4.74 Å². The van der Waals surface area contributed by atoms with E-state index in [1.165, 1.54) is 10.0 Å². The molecule has 2 rings (SSSR count). The average Bonchev–Trinajstić information content (AvgIpc) is 2.36. The number of carbonyl (C=O) groups excluding carboxylic acids is 1. The van der Waals surface area contributed by atoms with Crippen LogP contribution < -0.4 is 10.6 Å². The number of ether oxygens (including phenoxy) is 1. The smallest absolute Gasteiger partial charge is 0.407 e. The van der Waals surface area contributed by atoms with Crippen molar-refractivity contribution >= 4 is 22.0 Å². The van der Waals surface area contributed by atoms with Crippen LogP contribution in [0.4, 0.5) is 4.79 Å². The lowest BCUT2D eigenvalue weighted by Crippen LogP contribution is -2.44. The first-order chi connectivity index (χ1) is 10.3. The topological polar surface area (TPSA) is 50.4 Å². The SMILES string of the molecule is CC(C)(C)OC(=O)NCCNC1CC(c2ccccc2Br)C1. The van der Waals surface area contributed by atoms with Crippen molar-refractivity contribution in [3.05, 3.63) is 34.3 Å². The molecule has 122 valence electrons. The fraction of sp³-hybridized carbons (Fsp3) is 0.588. The monoisotopic (exact) mass is 368 g/mol. The molecule has 0 aliphatic heterocycles. The number of benzene rings is 1. The molecule has 1 amide bonds. The van der Waals surface area contributed by atoms with Crippen molar-refractivity contribution in [2.75, 3.05) is 13.1 Å². The molecule has 1 fully saturated rings. The van der Waals surface area contributed by atoms with Gasteiger partial charge < -0.3 is 15.4 Å². The molecule has 0 radical (unpaired) electrons. The average molecular weight is 369 g/mol. The molecule has 22 heavy (non-hydrogen) atoms. The van der Waals surface area contributed by atoms with Crippen LogP contribution in [0.1, 0.15) is 45.1 Å². The second-order valence-corrected chi connectivity index (χ2v) is 7.62.